The molecule has 1 heterocycles. The molecule has 31 heavy (non-hydrogen) atoms. The molecular formula is C21H21Cl2N3O5. The first kappa shape index (κ1) is 22.7. The Balaban J connectivity index is 1.69. The molecule has 10 heteroatoms. The van der Waals surface area contributed by atoms with Crippen LogP contribution in [0, 0.1) is 10.1 Å². The van der Waals surface area contributed by atoms with Crippen molar-refractivity contribution in [2.75, 3.05) is 45.3 Å². The number of hydrogen-bond donors (Lipinski definition) is 0. The standard InChI is InChI=1S/C21H21Cl2N3O5/c1-30-16-4-5-18(19(13-16)26(28)29)24-7-9-25(10-8-24)20(27)6-3-14-11-15(22)12-17(23)21(14)31-2/h3-6,11-13H,7-10H2,1-2H3. The van der Waals surface area contributed by atoms with E-state index in [1.54, 1.807) is 35.2 Å². The zero-order valence-electron chi connectivity index (χ0n) is 17.0. The van der Waals surface area contributed by atoms with Gasteiger partial charge >= 0.3 is 0 Å². The summed E-state index contributed by atoms with van der Waals surface area (Å²) in [6, 6.07) is 7.99. The van der Waals surface area contributed by atoms with Crippen molar-refractivity contribution in [2.24, 2.45) is 0 Å². The van der Waals surface area contributed by atoms with E-state index in [9.17, 15) is 14.9 Å². The number of carbonyl (C=O) groups excluding carboxylic acids is 1. The minimum Gasteiger partial charge on any atom is -0.496 e. The molecule has 0 bridgehead atoms. The summed E-state index contributed by atoms with van der Waals surface area (Å²) in [6.45, 7) is 1.80. The van der Waals surface area contributed by atoms with Crippen molar-refractivity contribution in [3.63, 3.8) is 0 Å². The van der Waals surface area contributed by atoms with Gasteiger partial charge in [0.05, 0.1) is 30.2 Å². The fourth-order valence-corrected chi connectivity index (χ4v) is 3.98. The summed E-state index contributed by atoms with van der Waals surface area (Å²) in [4.78, 5) is 27.2. The maximum absolute atomic E-state index is 12.6. The second-order valence-electron chi connectivity index (χ2n) is 6.77. The molecular weight excluding hydrogens is 445 g/mol. The fourth-order valence-electron chi connectivity index (χ4n) is 3.40. The van der Waals surface area contributed by atoms with Gasteiger partial charge in [0.1, 0.15) is 17.2 Å². The zero-order chi connectivity index (χ0) is 22.5. The van der Waals surface area contributed by atoms with E-state index in [1.165, 1.54) is 26.4 Å². The Bertz CT molecular complexity index is 1020. The maximum Gasteiger partial charge on any atom is 0.296 e. The van der Waals surface area contributed by atoms with Crippen molar-refractivity contribution in [3.05, 3.63) is 62.1 Å². The van der Waals surface area contributed by atoms with Crippen molar-refractivity contribution in [2.45, 2.75) is 0 Å². The highest BCUT2D eigenvalue weighted by Crippen LogP contribution is 2.34. The number of nitrogens with zero attached hydrogens (tertiary/aromatic N) is 3. The highest BCUT2D eigenvalue weighted by Gasteiger charge is 2.25. The molecule has 1 saturated heterocycles. The van der Waals surface area contributed by atoms with E-state index < -0.39 is 4.92 Å². The number of rotatable bonds is 6. The van der Waals surface area contributed by atoms with Gasteiger partial charge in [0.25, 0.3) is 5.69 Å². The average Bonchev–Trinajstić information content (AvgIpc) is 2.76. The number of halogens is 2. The molecule has 164 valence electrons. The van der Waals surface area contributed by atoms with Crippen LogP contribution in [0.1, 0.15) is 5.56 Å². The van der Waals surface area contributed by atoms with Crippen molar-refractivity contribution in [3.8, 4) is 11.5 Å². The molecule has 0 atom stereocenters. The monoisotopic (exact) mass is 465 g/mol. The summed E-state index contributed by atoms with van der Waals surface area (Å²) < 4.78 is 10.4. The van der Waals surface area contributed by atoms with Crippen LogP contribution in [0.4, 0.5) is 11.4 Å². The lowest BCUT2D eigenvalue weighted by Gasteiger charge is -2.35. The van der Waals surface area contributed by atoms with Crippen molar-refractivity contribution < 1.29 is 19.2 Å². The Morgan fingerprint density at radius 2 is 1.81 bits per heavy atom. The van der Waals surface area contributed by atoms with Gasteiger partial charge in [-0.2, -0.15) is 0 Å². The number of nitro groups is 1. The number of hydrogen-bond acceptors (Lipinski definition) is 6. The molecule has 3 rings (SSSR count). The summed E-state index contributed by atoms with van der Waals surface area (Å²) in [6.07, 6.45) is 3.05. The largest absolute Gasteiger partial charge is 0.496 e. The number of amides is 1. The minimum atomic E-state index is -0.429. The van der Waals surface area contributed by atoms with Crippen molar-refractivity contribution >= 4 is 46.6 Å². The van der Waals surface area contributed by atoms with E-state index in [4.69, 9.17) is 32.7 Å². The van der Waals surface area contributed by atoms with E-state index in [2.05, 4.69) is 0 Å². The number of carbonyl (C=O) groups is 1. The average molecular weight is 466 g/mol. The molecule has 0 saturated carbocycles. The lowest BCUT2D eigenvalue weighted by atomic mass is 10.1. The van der Waals surface area contributed by atoms with Gasteiger partial charge in [-0.15, -0.1) is 0 Å². The Morgan fingerprint density at radius 1 is 1.10 bits per heavy atom. The van der Waals surface area contributed by atoms with Gasteiger partial charge in [-0.05, 0) is 30.3 Å². The minimum absolute atomic E-state index is 0.0241. The quantitative estimate of drug-likeness (QED) is 0.359. The van der Waals surface area contributed by atoms with Crippen LogP contribution in [-0.2, 0) is 4.79 Å². The highest BCUT2D eigenvalue weighted by atomic mass is 35.5. The molecule has 1 aliphatic rings. The van der Waals surface area contributed by atoms with Crippen LogP contribution in [0.2, 0.25) is 10.0 Å². The molecule has 1 amide bonds. The summed E-state index contributed by atoms with van der Waals surface area (Å²) >= 11 is 12.2. The fraction of sp³-hybridized carbons (Fsp3) is 0.286. The third kappa shape index (κ3) is 5.21. The Hall–Kier alpha value is -2.97. The molecule has 2 aromatic rings. The molecule has 0 radical (unpaired) electrons. The number of methoxy groups -OCH3 is 2. The normalized spacial score (nSPS) is 14.1. The van der Waals surface area contributed by atoms with E-state index in [0.717, 1.165) is 0 Å². The summed E-state index contributed by atoms with van der Waals surface area (Å²) in [5.41, 5.74) is 1.08. The van der Waals surface area contributed by atoms with Gasteiger partial charge in [-0.1, -0.05) is 23.2 Å². The van der Waals surface area contributed by atoms with Gasteiger partial charge in [0.2, 0.25) is 5.91 Å². The number of piperazine rings is 1. The number of benzene rings is 2. The number of ether oxygens (including phenoxy) is 2. The Labute approximate surface area is 189 Å². The topological polar surface area (TPSA) is 85.2 Å². The molecule has 2 aromatic carbocycles. The van der Waals surface area contributed by atoms with E-state index >= 15 is 0 Å². The summed E-state index contributed by atoms with van der Waals surface area (Å²) in [5.74, 6) is 0.680. The third-order valence-electron chi connectivity index (χ3n) is 4.96. The van der Waals surface area contributed by atoms with Crippen LogP contribution < -0.4 is 14.4 Å². The molecule has 0 aliphatic carbocycles. The third-order valence-corrected chi connectivity index (χ3v) is 5.46. The molecule has 1 fully saturated rings. The summed E-state index contributed by atoms with van der Waals surface area (Å²) in [7, 11) is 2.95. The first-order valence-electron chi connectivity index (χ1n) is 9.41. The lowest BCUT2D eigenvalue weighted by Crippen LogP contribution is -2.48. The highest BCUT2D eigenvalue weighted by molar-refractivity contribution is 6.36. The second-order valence-corrected chi connectivity index (χ2v) is 7.61. The SMILES string of the molecule is COc1ccc(N2CCN(C(=O)C=Cc3cc(Cl)cc(Cl)c3OC)CC2)c([N+](=O)[O-])c1. The molecule has 1 aliphatic heterocycles. The van der Waals surface area contributed by atoms with Gasteiger partial charge in [-0.25, -0.2) is 0 Å². The van der Waals surface area contributed by atoms with E-state index in [0.29, 0.717) is 59.0 Å². The maximum atomic E-state index is 12.6. The molecule has 0 aromatic heterocycles. The van der Waals surface area contributed by atoms with Gasteiger partial charge in [0.15, 0.2) is 0 Å². The van der Waals surface area contributed by atoms with E-state index in [1.807, 2.05) is 4.90 Å². The second kappa shape index (κ2) is 9.89. The Morgan fingerprint density at radius 3 is 2.42 bits per heavy atom. The van der Waals surface area contributed by atoms with Crippen molar-refractivity contribution in [1.82, 2.24) is 4.90 Å². The van der Waals surface area contributed by atoms with Crippen LogP contribution in [0.3, 0.4) is 0 Å². The molecule has 8 nitrogen and oxygen atoms in total. The predicted molar refractivity (Wildman–Crippen MR) is 120 cm³/mol. The zero-order valence-corrected chi connectivity index (χ0v) is 18.5. The number of nitro benzene ring substituents is 1. The number of anilines is 1. The summed E-state index contributed by atoms with van der Waals surface area (Å²) in [5, 5.41) is 12.2. The smallest absolute Gasteiger partial charge is 0.296 e. The van der Waals surface area contributed by atoms with Crippen molar-refractivity contribution in [1.29, 1.82) is 0 Å². The predicted octanol–water partition coefficient (Wildman–Crippen LogP) is 4.28. The van der Waals surface area contributed by atoms with Gasteiger partial charge in [-0.3, -0.25) is 14.9 Å². The van der Waals surface area contributed by atoms with Gasteiger partial charge in [0, 0.05) is 42.8 Å². The van der Waals surface area contributed by atoms with Gasteiger partial charge < -0.3 is 19.3 Å². The molecule has 0 spiro atoms. The van der Waals surface area contributed by atoms with Crippen LogP contribution in [0.25, 0.3) is 6.08 Å². The van der Waals surface area contributed by atoms with Crippen LogP contribution in [-0.4, -0.2) is 56.1 Å². The first-order valence-corrected chi connectivity index (χ1v) is 10.2. The lowest BCUT2D eigenvalue weighted by molar-refractivity contribution is -0.384. The van der Waals surface area contributed by atoms with Crippen LogP contribution in [0.5, 0.6) is 11.5 Å². The Kier molecular flexibility index (Phi) is 7.25. The van der Waals surface area contributed by atoms with Crippen LogP contribution in [0.15, 0.2) is 36.4 Å². The first-order chi connectivity index (χ1) is 14.8. The molecule has 0 unspecified atom stereocenters. The van der Waals surface area contributed by atoms with Crippen LogP contribution >= 0.6 is 23.2 Å². The molecule has 0 N–H and O–H groups in total. The van der Waals surface area contributed by atoms with E-state index in [-0.39, 0.29) is 11.6 Å².